The van der Waals surface area contributed by atoms with E-state index in [1.165, 1.54) is 12.1 Å². The largest absolute Gasteiger partial charge is 0.369 e. The average molecular weight is 469 g/mol. The fourth-order valence-corrected chi connectivity index (χ4v) is 4.95. The third-order valence-electron chi connectivity index (χ3n) is 5.44. The Labute approximate surface area is 182 Å². The van der Waals surface area contributed by atoms with E-state index in [0.717, 1.165) is 44.2 Å². The van der Waals surface area contributed by atoms with Crippen molar-refractivity contribution in [3.8, 4) is 0 Å². The van der Waals surface area contributed by atoms with Crippen LogP contribution in [0.25, 0.3) is 16.6 Å². The minimum absolute atomic E-state index is 0.605. The van der Waals surface area contributed by atoms with Gasteiger partial charge in [0.05, 0.1) is 17.4 Å². The number of benzene rings is 1. The molecular weight excluding hydrogens is 448 g/mol. The van der Waals surface area contributed by atoms with Crippen LogP contribution in [0.5, 0.6) is 0 Å². The molecule has 1 aromatic carbocycles. The molecular formula is C21H21BrN6S. The van der Waals surface area contributed by atoms with Crippen molar-refractivity contribution >= 4 is 49.9 Å². The van der Waals surface area contributed by atoms with E-state index < -0.39 is 0 Å². The van der Waals surface area contributed by atoms with Crippen molar-refractivity contribution in [1.82, 2.24) is 24.5 Å². The summed E-state index contributed by atoms with van der Waals surface area (Å²) in [5, 5.41) is 10.6. The average Bonchev–Trinajstić information content (AvgIpc) is 3.35. The summed E-state index contributed by atoms with van der Waals surface area (Å²) in [6, 6.07) is 13.1. The first-order chi connectivity index (χ1) is 14.1. The number of hydrogen-bond acceptors (Lipinski definition) is 6. The summed E-state index contributed by atoms with van der Waals surface area (Å²) in [5.74, 6) is 0. The van der Waals surface area contributed by atoms with Crippen LogP contribution in [-0.4, -0.2) is 57.7 Å². The van der Waals surface area contributed by atoms with E-state index in [1.807, 2.05) is 28.9 Å². The lowest BCUT2D eigenvalue weighted by molar-refractivity contribution is 0.315. The fraction of sp³-hybridized carbons (Fsp3) is 0.286. The molecule has 0 bridgehead atoms. The van der Waals surface area contributed by atoms with Gasteiger partial charge in [0.15, 0.2) is 10.8 Å². The molecule has 1 saturated heterocycles. The fourth-order valence-electron chi connectivity index (χ4n) is 3.75. The van der Waals surface area contributed by atoms with Crippen molar-refractivity contribution in [3.63, 3.8) is 0 Å². The molecule has 0 spiro atoms. The van der Waals surface area contributed by atoms with Crippen LogP contribution < -0.4 is 4.90 Å². The van der Waals surface area contributed by atoms with Crippen LogP contribution in [0.3, 0.4) is 0 Å². The molecule has 0 saturated carbocycles. The highest BCUT2D eigenvalue weighted by Crippen LogP contribution is 2.31. The van der Waals surface area contributed by atoms with Gasteiger partial charge in [-0.15, -0.1) is 10.2 Å². The van der Waals surface area contributed by atoms with Gasteiger partial charge >= 0.3 is 0 Å². The molecule has 0 radical (unpaired) electrons. The number of nitrogens with zero attached hydrogens (tertiary/aromatic N) is 6. The third kappa shape index (κ3) is 3.72. The highest BCUT2D eigenvalue weighted by atomic mass is 79.9. The van der Waals surface area contributed by atoms with E-state index in [4.69, 9.17) is 4.98 Å². The van der Waals surface area contributed by atoms with Crippen LogP contribution >= 0.6 is 27.7 Å². The number of hydrogen-bond donors (Lipinski definition) is 0. The number of halogens is 1. The number of anilines is 1. The van der Waals surface area contributed by atoms with Crippen molar-refractivity contribution in [1.29, 1.82) is 0 Å². The summed E-state index contributed by atoms with van der Waals surface area (Å²) < 4.78 is 3.00. The van der Waals surface area contributed by atoms with Crippen LogP contribution in [0.1, 0.15) is 6.42 Å². The molecule has 5 rings (SSSR count). The molecule has 29 heavy (non-hydrogen) atoms. The highest BCUT2D eigenvalue weighted by Gasteiger charge is 2.24. The molecule has 8 heteroatoms. The Kier molecular flexibility index (Phi) is 4.93. The van der Waals surface area contributed by atoms with Gasteiger partial charge < -0.3 is 9.80 Å². The number of rotatable bonds is 4. The SMILES string of the molecule is CN(C)[C@H]1CCN(c2cnc3ccc(Sc4nnc5ccc(Br)cn45)cc3c2)C1. The molecule has 148 valence electrons. The molecule has 1 aliphatic rings. The van der Waals surface area contributed by atoms with Gasteiger partial charge in [-0.2, -0.15) is 0 Å². The molecule has 4 heterocycles. The van der Waals surface area contributed by atoms with Crippen molar-refractivity contribution in [3.05, 3.63) is 53.3 Å². The second-order valence-electron chi connectivity index (χ2n) is 7.56. The predicted octanol–water partition coefficient (Wildman–Crippen LogP) is 4.33. The maximum atomic E-state index is 4.69. The number of aromatic nitrogens is 4. The lowest BCUT2D eigenvalue weighted by atomic mass is 10.2. The second kappa shape index (κ2) is 7.59. The lowest BCUT2D eigenvalue weighted by Crippen LogP contribution is -2.31. The molecule has 0 amide bonds. The summed E-state index contributed by atoms with van der Waals surface area (Å²) in [5.41, 5.74) is 3.04. The minimum Gasteiger partial charge on any atom is -0.369 e. The predicted molar refractivity (Wildman–Crippen MR) is 121 cm³/mol. The first-order valence-electron chi connectivity index (χ1n) is 9.56. The molecule has 4 aromatic rings. The number of pyridine rings is 2. The van der Waals surface area contributed by atoms with Crippen molar-refractivity contribution in [2.75, 3.05) is 32.1 Å². The molecule has 1 aliphatic heterocycles. The summed E-state index contributed by atoms with van der Waals surface area (Å²) in [4.78, 5) is 10.6. The molecule has 3 aromatic heterocycles. The van der Waals surface area contributed by atoms with Gasteiger partial charge in [-0.3, -0.25) is 9.38 Å². The van der Waals surface area contributed by atoms with Gasteiger partial charge in [0, 0.05) is 40.1 Å². The zero-order chi connectivity index (χ0) is 20.0. The monoisotopic (exact) mass is 468 g/mol. The van der Waals surface area contributed by atoms with E-state index in [9.17, 15) is 0 Å². The van der Waals surface area contributed by atoms with Crippen LogP contribution in [0.2, 0.25) is 0 Å². The van der Waals surface area contributed by atoms with Gasteiger partial charge in [-0.05, 0) is 84.6 Å². The summed E-state index contributed by atoms with van der Waals surface area (Å²) in [6.45, 7) is 2.13. The van der Waals surface area contributed by atoms with Gasteiger partial charge in [-0.1, -0.05) is 0 Å². The van der Waals surface area contributed by atoms with Crippen LogP contribution in [0, 0.1) is 0 Å². The Balaban J connectivity index is 1.44. The Morgan fingerprint density at radius 1 is 1.14 bits per heavy atom. The maximum absolute atomic E-state index is 4.69. The molecule has 0 N–H and O–H groups in total. The van der Waals surface area contributed by atoms with E-state index in [2.05, 4.69) is 74.3 Å². The van der Waals surface area contributed by atoms with E-state index in [1.54, 1.807) is 11.8 Å². The highest BCUT2D eigenvalue weighted by molar-refractivity contribution is 9.10. The third-order valence-corrected chi connectivity index (χ3v) is 6.86. The Hall–Kier alpha value is -2.16. The minimum atomic E-state index is 0.605. The van der Waals surface area contributed by atoms with Crippen molar-refractivity contribution in [2.24, 2.45) is 0 Å². The Morgan fingerprint density at radius 3 is 2.86 bits per heavy atom. The molecule has 6 nitrogen and oxygen atoms in total. The van der Waals surface area contributed by atoms with E-state index in [0.29, 0.717) is 6.04 Å². The van der Waals surface area contributed by atoms with Gasteiger partial charge in [-0.25, -0.2) is 0 Å². The summed E-state index contributed by atoms with van der Waals surface area (Å²) >= 11 is 5.13. The quantitative estimate of drug-likeness (QED) is 0.444. The normalized spacial score (nSPS) is 17.1. The summed E-state index contributed by atoms with van der Waals surface area (Å²) in [6.07, 6.45) is 5.18. The van der Waals surface area contributed by atoms with Crippen LogP contribution in [-0.2, 0) is 0 Å². The number of fused-ring (bicyclic) bond motifs is 2. The van der Waals surface area contributed by atoms with Gasteiger partial charge in [0.1, 0.15) is 0 Å². The summed E-state index contributed by atoms with van der Waals surface area (Å²) in [7, 11) is 4.31. The smallest absolute Gasteiger partial charge is 0.200 e. The lowest BCUT2D eigenvalue weighted by Gasteiger charge is -2.21. The Morgan fingerprint density at radius 2 is 2.03 bits per heavy atom. The Bertz CT molecular complexity index is 1190. The zero-order valence-electron chi connectivity index (χ0n) is 16.3. The maximum Gasteiger partial charge on any atom is 0.200 e. The van der Waals surface area contributed by atoms with Gasteiger partial charge in [0.25, 0.3) is 0 Å². The van der Waals surface area contributed by atoms with Crippen LogP contribution in [0.4, 0.5) is 5.69 Å². The first-order valence-corrected chi connectivity index (χ1v) is 11.2. The van der Waals surface area contributed by atoms with E-state index in [-0.39, 0.29) is 0 Å². The number of likely N-dealkylation sites (N-methyl/N-ethyl adjacent to an activating group) is 1. The topological polar surface area (TPSA) is 49.6 Å². The molecule has 1 atom stereocenters. The first kappa shape index (κ1) is 18.8. The van der Waals surface area contributed by atoms with E-state index >= 15 is 0 Å². The molecule has 0 unspecified atom stereocenters. The second-order valence-corrected chi connectivity index (χ2v) is 9.52. The van der Waals surface area contributed by atoms with Crippen molar-refractivity contribution < 1.29 is 0 Å². The zero-order valence-corrected chi connectivity index (χ0v) is 18.7. The molecule has 1 fully saturated rings. The standard InChI is InChI=1S/C21H21BrN6S/c1-26(2)16-7-8-27(13-16)17-9-14-10-18(4-5-19(14)23-11-17)29-21-25-24-20-6-3-15(22)12-28(20)21/h3-6,9-12,16H,7-8,13H2,1-2H3/t16-/m0/s1. The molecule has 0 aliphatic carbocycles. The van der Waals surface area contributed by atoms with Gasteiger partial charge in [0.2, 0.25) is 0 Å². The van der Waals surface area contributed by atoms with Crippen LogP contribution in [0.15, 0.2) is 63.3 Å². The van der Waals surface area contributed by atoms with Crippen molar-refractivity contribution in [2.45, 2.75) is 22.5 Å².